The monoisotopic (exact) mass is 394 g/mol. The standard InChI is InChI=1S/C22H22N2O5/c1-3-28-20(25)14-29-18-10-8-16(9-11-18)12-19-21(26)24(22(27)23-19)13-17-6-4-15(2)5-7-17/h4-12H,3,13-14H2,1-2H3,(H,23,27)/b19-12+. The van der Waals surface area contributed by atoms with E-state index in [-0.39, 0.29) is 24.8 Å². The molecule has 2 aromatic rings. The van der Waals surface area contributed by atoms with Crippen LogP contribution in [0.2, 0.25) is 0 Å². The van der Waals surface area contributed by atoms with Crippen LogP contribution in [-0.2, 0) is 20.9 Å². The third-order valence-electron chi connectivity index (χ3n) is 4.28. The van der Waals surface area contributed by atoms with Crippen molar-refractivity contribution in [3.63, 3.8) is 0 Å². The van der Waals surface area contributed by atoms with Gasteiger partial charge in [0.25, 0.3) is 5.91 Å². The van der Waals surface area contributed by atoms with Crippen LogP contribution in [0.25, 0.3) is 6.08 Å². The summed E-state index contributed by atoms with van der Waals surface area (Å²) < 4.78 is 10.1. The molecule has 1 N–H and O–H groups in total. The fourth-order valence-electron chi connectivity index (χ4n) is 2.76. The molecule has 0 saturated carbocycles. The molecule has 0 radical (unpaired) electrons. The van der Waals surface area contributed by atoms with E-state index >= 15 is 0 Å². The highest BCUT2D eigenvalue weighted by Crippen LogP contribution is 2.19. The van der Waals surface area contributed by atoms with E-state index in [0.29, 0.717) is 17.9 Å². The van der Waals surface area contributed by atoms with Crippen molar-refractivity contribution < 1.29 is 23.9 Å². The fourth-order valence-corrected chi connectivity index (χ4v) is 2.76. The summed E-state index contributed by atoms with van der Waals surface area (Å²) in [5.41, 5.74) is 2.92. The minimum atomic E-state index is -0.448. The van der Waals surface area contributed by atoms with Crippen LogP contribution in [-0.4, -0.2) is 36.0 Å². The van der Waals surface area contributed by atoms with Gasteiger partial charge < -0.3 is 14.8 Å². The number of carbonyl (C=O) groups excluding carboxylic acids is 3. The van der Waals surface area contributed by atoms with Gasteiger partial charge in [-0.25, -0.2) is 9.59 Å². The van der Waals surface area contributed by atoms with Crippen LogP contribution in [0.1, 0.15) is 23.6 Å². The highest BCUT2D eigenvalue weighted by Gasteiger charge is 2.33. The SMILES string of the molecule is CCOC(=O)COc1ccc(/C=C2/NC(=O)N(Cc3ccc(C)cc3)C2=O)cc1. The van der Waals surface area contributed by atoms with Gasteiger partial charge in [-0.15, -0.1) is 0 Å². The number of carbonyl (C=O) groups is 3. The Bertz CT molecular complexity index is 933. The van der Waals surface area contributed by atoms with Gasteiger partial charge in [-0.05, 0) is 43.2 Å². The van der Waals surface area contributed by atoms with Crippen LogP contribution in [0, 0.1) is 6.92 Å². The van der Waals surface area contributed by atoms with Crippen molar-refractivity contribution in [3.05, 3.63) is 70.9 Å². The number of amides is 3. The number of rotatable bonds is 7. The van der Waals surface area contributed by atoms with Crippen molar-refractivity contribution >= 4 is 24.0 Å². The predicted octanol–water partition coefficient (Wildman–Crippen LogP) is 3.03. The first kappa shape index (κ1) is 20.1. The molecule has 7 nitrogen and oxygen atoms in total. The van der Waals surface area contributed by atoms with Gasteiger partial charge in [0.1, 0.15) is 11.4 Å². The van der Waals surface area contributed by atoms with Crippen molar-refractivity contribution in [1.82, 2.24) is 10.2 Å². The van der Waals surface area contributed by atoms with Gasteiger partial charge in [0.2, 0.25) is 0 Å². The molecule has 2 aromatic carbocycles. The molecule has 0 aromatic heterocycles. The van der Waals surface area contributed by atoms with E-state index < -0.39 is 12.0 Å². The van der Waals surface area contributed by atoms with Gasteiger partial charge in [-0.2, -0.15) is 0 Å². The molecule has 0 atom stereocenters. The summed E-state index contributed by atoms with van der Waals surface area (Å²) in [7, 11) is 0. The van der Waals surface area contributed by atoms with E-state index in [1.807, 2.05) is 31.2 Å². The third-order valence-corrected chi connectivity index (χ3v) is 4.28. The lowest BCUT2D eigenvalue weighted by Crippen LogP contribution is -2.30. The minimum Gasteiger partial charge on any atom is -0.482 e. The fraction of sp³-hybridized carbons (Fsp3) is 0.227. The summed E-state index contributed by atoms with van der Waals surface area (Å²) in [5, 5.41) is 2.61. The Morgan fingerprint density at radius 3 is 2.41 bits per heavy atom. The molecular weight excluding hydrogens is 372 g/mol. The zero-order chi connectivity index (χ0) is 20.8. The van der Waals surface area contributed by atoms with Crippen molar-refractivity contribution in [1.29, 1.82) is 0 Å². The van der Waals surface area contributed by atoms with Gasteiger partial charge in [0, 0.05) is 0 Å². The predicted molar refractivity (Wildman–Crippen MR) is 107 cm³/mol. The number of ether oxygens (including phenoxy) is 2. The van der Waals surface area contributed by atoms with Gasteiger partial charge in [0.15, 0.2) is 6.61 Å². The number of urea groups is 1. The van der Waals surface area contributed by atoms with Crippen molar-refractivity contribution in [2.45, 2.75) is 20.4 Å². The lowest BCUT2D eigenvalue weighted by atomic mass is 10.1. The van der Waals surface area contributed by atoms with Crippen LogP contribution in [0.5, 0.6) is 5.75 Å². The summed E-state index contributed by atoms with van der Waals surface area (Å²) in [6, 6.07) is 14.0. The van der Waals surface area contributed by atoms with Gasteiger partial charge in [-0.1, -0.05) is 42.0 Å². The molecule has 1 heterocycles. The average molecular weight is 394 g/mol. The van der Waals surface area contributed by atoms with Gasteiger partial charge >= 0.3 is 12.0 Å². The van der Waals surface area contributed by atoms with E-state index in [9.17, 15) is 14.4 Å². The van der Waals surface area contributed by atoms with Crippen LogP contribution < -0.4 is 10.1 Å². The Hall–Kier alpha value is -3.61. The molecule has 3 rings (SSSR count). The van der Waals surface area contributed by atoms with E-state index in [2.05, 4.69) is 5.32 Å². The lowest BCUT2D eigenvalue weighted by molar-refractivity contribution is -0.145. The van der Waals surface area contributed by atoms with Crippen LogP contribution in [0.4, 0.5) is 4.79 Å². The molecule has 1 aliphatic rings. The van der Waals surface area contributed by atoms with Gasteiger partial charge in [-0.3, -0.25) is 9.69 Å². The first-order chi connectivity index (χ1) is 14.0. The molecular formula is C22H22N2O5. The Kier molecular flexibility index (Phi) is 6.29. The zero-order valence-corrected chi connectivity index (χ0v) is 16.3. The zero-order valence-electron chi connectivity index (χ0n) is 16.3. The molecule has 0 unspecified atom stereocenters. The molecule has 0 spiro atoms. The number of nitrogens with zero attached hydrogens (tertiary/aromatic N) is 1. The molecule has 0 bridgehead atoms. The minimum absolute atomic E-state index is 0.170. The van der Waals surface area contributed by atoms with E-state index in [1.165, 1.54) is 4.90 Å². The number of esters is 1. The van der Waals surface area contributed by atoms with Crippen LogP contribution in [0.3, 0.4) is 0 Å². The van der Waals surface area contributed by atoms with Crippen molar-refractivity contribution in [3.8, 4) is 5.75 Å². The second-order valence-electron chi connectivity index (χ2n) is 6.53. The van der Waals surface area contributed by atoms with Crippen LogP contribution in [0.15, 0.2) is 54.2 Å². The van der Waals surface area contributed by atoms with Gasteiger partial charge in [0.05, 0.1) is 13.2 Å². The molecule has 1 fully saturated rings. The first-order valence-electron chi connectivity index (χ1n) is 9.25. The van der Waals surface area contributed by atoms with E-state index in [4.69, 9.17) is 9.47 Å². The number of imide groups is 1. The van der Waals surface area contributed by atoms with Crippen LogP contribution >= 0.6 is 0 Å². The topological polar surface area (TPSA) is 84.9 Å². The summed E-state index contributed by atoms with van der Waals surface area (Å²) in [5.74, 6) is -0.312. The number of aryl methyl sites for hydroxylation is 1. The van der Waals surface area contributed by atoms with E-state index in [1.54, 1.807) is 37.3 Å². The second kappa shape index (κ2) is 9.05. The Morgan fingerprint density at radius 2 is 1.76 bits per heavy atom. The Morgan fingerprint density at radius 1 is 1.07 bits per heavy atom. The number of hydrogen-bond donors (Lipinski definition) is 1. The molecule has 150 valence electrons. The number of nitrogens with one attached hydrogen (secondary N) is 1. The summed E-state index contributed by atoms with van der Waals surface area (Å²) >= 11 is 0. The smallest absolute Gasteiger partial charge is 0.344 e. The van der Waals surface area contributed by atoms with Crippen molar-refractivity contribution in [2.75, 3.05) is 13.2 Å². The lowest BCUT2D eigenvalue weighted by Gasteiger charge is -2.11. The Labute approximate surface area is 168 Å². The molecule has 1 aliphatic heterocycles. The molecule has 1 saturated heterocycles. The number of benzene rings is 2. The summed E-state index contributed by atoms with van der Waals surface area (Å²) in [6.07, 6.45) is 1.60. The third kappa shape index (κ3) is 5.22. The second-order valence-corrected chi connectivity index (χ2v) is 6.53. The molecule has 29 heavy (non-hydrogen) atoms. The number of hydrogen-bond acceptors (Lipinski definition) is 5. The first-order valence-corrected chi connectivity index (χ1v) is 9.25. The molecule has 3 amide bonds. The summed E-state index contributed by atoms with van der Waals surface area (Å²) in [6.45, 7) is 4.05. The summed E-state index contributed by atoms with van der Waals surface area (Å²) in [4.78, 5) is 37.3. The largest absolute Gasteiger partial charge is 0.482 e. The molecule has 7 heteroatoms. The quantitative estimate of drug-likeness (QED) is 0.443. The van der Waals surface area contributed by atoms with Crippen molar-refractivity contribution in [2.24, 2.45) is 0 Å². The maximum Gasteiger partial charge on any atom is 0.344 e. The normalized spacial score (nSPS) is 14.8. The maximum absolute atomic E-state index is 12.6. The average Bonchev–Trinajstić information content (AvgIpc) is 2.97. The van der Waals surface area contributed by atoms with E-state index in [0.717, 1.165) is 11.1 Å². The molecule has 0 aliphatic carbocycles. The highest BCUT2D eigenvalue weighted by atomic mass is 16.6. The Balaban J connectivity index is 1.64. The highest BCUT2D eigenvalue weighted by molar-refractivity contribution is 6.13. The maximum atomic E-state index is 12.6.